The molecule has 1 heterocycles. The van der Waals surface area contributed by atoms with Crippen molar-refractivity contribution in [3.05, 3.63) is 47.7 Å². The predicted molar refractivity (Wildman–Crippen MR) is 119 cm³/mol. The minimum atomic E-state index is -0.576. The van der Waals surface area contributed by atoms with Gasteiger partial charge in [-0.3, -0.25) is 14.4 Å². The summed E-state index contributed by atoms with van der Waals surface area (Å²) in [6, 6.07) is 9.64. The van der Waals surface area contributed by atoms with E-state index in [9.17, 15) is 14.4 Å². The van der Waals surface area contributed by atoms with E-state index >= 15 is 0 Å². The molecule has 0 spiro atoms. The highest BCUT2D eigenvalue weighted by Crippen LogP contribution is 2.35. The minimum absolute atomic E-state index is 0.00688. The van der Waals surface area contributed by atoms with E-state index in [0.29, 0.717) is 18.9 Å². The van der Waals surface area contributed by atoms with E-state index in [2.05, 4.69) is 11.4 Å². The molecule has 1 aliphatic carbocycles. The van der Waals surface area contributed by atoms with Crippen LogP contribution < -0.4 is 5.32 Å². The Hall–Kier alpha value is -2.63. The van der Waals surface area contributed by atoms with Crippen LogP contribution in [0.4, 0.5) is 0 Å². The van der Waals surface area contributed by atoms with Crippen molar-refractivity contribution in [1.29, 1.82) is 0 Å². The number of esters is 1. The number of carbonyl (C=O) groups excluding carboxylic acids is 3. The van der Waals surface area contributed by atoms with Crippen LogP contribution in [0.3, 0.4) is 0 Å². The first-order valence-corrected chi connectivity index (χ1v) is 11.6. The number of likely N-dealkylation sites (tertiary alicyclic amines) is 1. The lowest BCUT2D eigenvalue weighted by Gasteiger charge is -2.38. The third-order valence-electron chi connectivity index (χ3n) is 6.18. The van der Waals surface area contributed by atoms with Crippen molar-refractivity contribution < 1.29 is 19.1 Å². The molecule has 1 aliphatic heterocycles. The lowest BCUT2D eigenvalue weighted by atomic mass is 9.84. The van der Waals surface area contributed by atoms with Gasteiger partial charge in [-0.2, -0.15) is 0 Å². The molecule has 0 aromatic heterocycles. The zero-order valence-electron chi connectivity index (χ0n) is 18.5. The smallest absolute Gasteiger partial charge is 0.306 e. The number of rotatable bonds is 9. The fraction of sp³-hybridized carbons (Fsp3) is 0.560. The lowest BCUT2D eigenvalue weighted by Crippen LogP contribution is -2.39. The SMILES string of the molecule is CCOC(=O)CC(CCC(=O)N1CCCC2CCCC=C21)C(=O)NCc1ccccc1. The summed E-state index contributed by atoms with van der Waals surface area (Å²) in [6.45, 7) is 3.17. The van der Waals surface area contributed by atoms with Crippen molar-refractivity contribution in [2.45, 2.75) is 64.8 Å². The van der Waals surface area contributed by atoms with Crippen LogP contribution >= 0.6 is 0 Å². The molecule has 2 unspecified atom stereocenters. The molecule has 0 saturated carbocycles. The van der Waals surface area contributed by atoms with E-state index in [1.807, 2.05) is 35.2 Å². The summed E-state index contributed by atoms with van der Waals surface area (Å²) in [4.78, 5) is 39.8. The zero-order valence-corrected chi connectivity index (χ0v) is 18.5. The number of allylic oxidation sites excluding steroid dienone is 2. The van der Waals surface area contributed by atoms with Crippen molar-refractivity contribution >= 4 is 17.8 Å². The maximum absolute atomic E-state index is 13.0. The summed E-state index contributed by atoms with van der Waals surface area (Å²) < 4.78 is 5.06. The highest BCUT2D eigenvalue weighted by atomic mass is 16.5. The Bertz CT molecular complexity index is 790. The van der Waals surface area contributed by atoms with Gasteiger partial charge in [0, 0.05) is 31.1 Å². The van der Waals surface area contributed by atoms with E-state index in [-0.39, 0.29) is 31.3 Å². The van der Waals surface area contributed by atoms with Crippen molar-refractivity contribution in [3.63, 3.8) is 0 Å². The van der Waals surface area contributed by atoms with Gasteiger partial charge in [-0.25, -0.2) is 0 Å². The highest BCUT2D eigenvalue weighted by molar-refractivity contribution is 5.85. The van der Waals surface area contributed by atoms with E-state index in [0.717, 1.165) is 37.8 Å². The summed E-state index contributed by atoms with van der Waals surface area (Å²) >= 11 is 0. The first kappa shape index (κ1) is 23.0. The van der Waals surface area contributed by atoms with E-state index in [4.69, 9.17) is 4.74 Å². The molecular weight excluding hydrogens is 392 g/mol. The molecule has 1 saturated heterocycles. The summed E-state index contributed by atoms with van der Waals surface area (Å²) in [6.07, 6.45) is 8.37. The largest absolute Gasteiger partial charge is 0.466 e. The zero-order chi connectivity index (χ0) is 22.1. The van der Waals surface area contributed by atoms with Crippen LogP contribution in [0.25, 0.3) is 0 Å². The van der Waals surface area contributed by atoms with Crippen LogP contribution in [0.1, 0.15) is 63.9 Å². The first-order chi connectivity index (χ1) is 15.1. The fourth-order valence-electron chi connectivity index (χ4n) is 4.55. The Labute approximate surface area is 185 Å². The van der Waals surface area contributed by atoms with Crippen LogP contribution in [-0.2, 0) is 25.7 Å². The van der Waals surface area contributed by atoms with Gasteiger partial charge in [0.15, 0.2) is 0 Å². The van der Waals surface area contributed by atoms with Crippen LogP contribution in [0, 0.1) is 11.8 Å². The van der Waals surface area contributed by atoms with Crippen molar-refractivity contribution in [2.24, 2.45) is 11.8 Å². The number of nitrogens with zero attached hydrogens (tertiary/aromatic N) is 1. The summed E-state index contributed by atoms with van der Waals surface area (Å²) in [5.41, 5.74) is 2.17. The monoisotopic (exact) mass is 426 g/mol. The molecule has 2 aliphatic rings. The second kappa shape index (κ2) is 11.7. The van der Waals surface area contributed by atoms with E-state index < -0.39 is 11.9 Å². The number of ether oxygens (including phenoxy) is 1. The molecular formula is C25H34N2O4. The van der Waals surface area contributed by atoms with Gasteiger partial charge in [0.05, 0.1) is 13.0 Å². The standard InChI is InChI=1S/C25H34N2O4/c1-2-31-24(29)17-21(25(30)26-18-19-9-4-3-5-10-19)14-15-23(28)27-16-8-12-20-11-6-7-13-22(20)27/h3-5,9-10,13,20-21H,2,6-8,11-12,14-18H2,1H3,(H,26,30). The average Bonchev–Trinajstić information content (AvgIpc) is 2.80. The van der Waals surface area contributed by atoms with Crippen LogP contribution in [0.15, 0.2) is 42.1 Å². The van der Waals surface area contributed by atoms with Gasteiger partial charge in [-0.15, -0.1) is 0 Å². The summed E-state index contributed by atoms with van der Waals surface area (Å²) in [5, 5.41) is 2.91. The molecule has 1 aromatic carbocycles. The fourth-order valence-corrected chi connectivity index (χ4v) is 4.55. The number of nitrogens with one attached hydrogen (secondary N) is 1. The number of carbonyl (C=O) groups is 3. The van der Waals surface area contributed by atoms with Gasteiger partial charge >= 0.3 is 5.97 Å². The maximum atomic E-state index is 13.0. The van der Waals surface area contributed by atoms with E-state index in [1.165, 1.54) is 12.1 Å². The molecule has 1 aromatic rings. The van der Waals surface area contributed by atoms with Gasteiger partial charge in [0.2, 0.25) is 11.8 Å². The third kappa shape index (κ3) is 6.68. The van der Waals surface area contributed by atoms with Gasteiger partial charge in [-0.05, 0) is 56.9 Å². The topological polar surface area (TPSA) is 75.7 Å². The van der Waals surface area contributed by atoms with Crippen LogP contribution in [0.2, 0.25) is 0 Å². The number of fused-ring (bicyclic) bond motifs is 1. The molecule has 6 heteroatoms. The Morgan fingerprint density at radius 3 is 2.71 bits per heavy atom. The molecule has 2 amide bonds. The number of hydrogen-bond acceptors (Lipinski definition) is 4. The Morgan fingerprint density at radius 1 is 1.16 bits per heavy atom. The Kier molecular flexibility index (Phi) is 8.68. The van der Waals surface area contributed by atoms with Gasteiger partial charge in [-0.1, -0.05) is 36.4 Å². The second-order valence-electron chi connectivity index (χ2n) is 8.39. The van der Waals surface area contributed by atoms with E-state index in [1.54, 1.807) is 6.92 Å². The molecule has 3 rings (SSSR count). The molecule has 1 N–H and O–H groups in total. The second-order valence-corrected chi connectivity index (χ2v) is 8.39. The number of piperidine rings is 1. The first-order valence-electron chi connectivity index (χ1n) is 11.6. The quantitative estimate of drug-likeness (QED) is 0.607. The predicted octanol–water partition coefficient (Wildman–Crippen LogP) is 3.96. The molecule has 0 radical (unpaired) electrons. The number of benzene rings is 1. The summed E-state index contributed by atoms with van der Waals surface area (Å²) in [5.74, 6) is -0.632. The maximum Gasteiger partial charge on any atom is 0.306 e. The molecule has 0 bridgehead atoms. The minimum Gasteiger partial charge on any atom is -0.466 e. The van der Waals surface area contributed by atoms with Crippen LogP contribution in [-0.4, -0.2) is 35.8 Å². The molecule has 2 atom stereocenters. The molecule has 1 fully saturated rings. The highest BCUT2D eigenvalue weighted by Gasteiger charge is 2.31. The van der Waals surface area contributed by atoms with Gasteiger partial charge in [0.1, 0.15) is 0 Å². The normalized spacial score (nSPS) is 19.1. The van der Waals surface area contributed by atoms with Crippen molar-refractivity contribution in [1.82, 2.24) is 10.2 Å². The third-order valence-corrected chi connectivity index (χ3v) is 6.18. The number of hydrogen-bond donors (Lipinski definition) is 1. The van der Waals surface area contributed by atoms with Crippen molar-refractivity contribution in [3.8, 4) is 0 Å². The Balaban J connectivity index is 1.59. The molecule has 168 valence electrons. The van der Waals surface area contributed by atoms with Gasteiger partial charge < -0.3 is 15.0 Å². The van der Waals surface area contributed by atoms with Gasteiger partial charge in [0.25, 0.3) is 0 Å². The Morgan fingerprint density at radius 2 is 1.94 bits per heavy atom. The summed E-state index contributed by atoms with van der Waals surface area (Å²) in [7, 11) is 0. The molecule has 6 nitrogen and oxygen atoms in total. The van der Waals surface area contributed by atoms with Crippen LogP contribution in [0.5, 0.6) is 0 Å². The molecule has 31 heavy (non-hydrogen) atoms. The lowest BCUT2D eigenvalue weighted by molar-refractivity contribution is -0.147. The number of amides is 2. The van der Waals surface area contributed by atoms with Crippen molar-refractivity contribution in [2.75, 3.05) is 13.2 Å². The average molecular weight is 427 g/mol.